The Morgan fingerprint density at radius 1 is 1.30 bits per heavy atom. The Hall–Kier alpha value is -2.12. The number of anilines is 1. The van der Waals surface area contributed by atoms with E-state index in [0.29, 0.717) is 12.2 Å². The SMILES string of the molecule is O=S(=O)(C=Cc1ccccc1)Nc1cnn(CCO)c1. The van der Waals surface area contributed by atoms with Crippen LogP contribution in [0.1, 0.15) is 5.56 Å². The van der Waals surface area contributed by atoms with Crippen molar-refractivity contribution >= 4 is 21.8 Å². The van der Waals surface area contributed by atoms with Crippen LogP contribution in [0.2, 0.25) is 0 Å². The molecule has 0 amide bonds. The molecule has 0 unspecified atom stereocenters. The van der Waals surface area contributed by atoms with Gasteiger partial charge < -0.3 is 5.11 Å². The third kappa shape index (κ3) is 4.22. The minimum atomic E-state index is -3.58. The molecular weight excluding hydrogens is 278 g/mol. The summed E-state index contributed by atoms with van der Waals surface area (Å²) in [5.41, 5.74) is 1.16. The van der Waals surface area contributed by atoms with E-state index in [-0.39, 0.29) is 6.61 Å². The van der Waals surface area contributed by atoms with Crippen molar-refractivity contribution in [1.82, 2.24) is 9.78 Å². The monoisotopic (exact) mass is 293 g/mol. The number of aliphatic hydroxyl groups is 1. The number of benzene rings is 1. The highest BCUT2D eigenvalue weighted by Crippen LogP contribution is 2.10. The van der Waals surface area contributed by atoms with Gasteiger partial charge in [0, 0.05) is 6.20 Å². The van der Waals surface area contributed by atoms with Crippen molar-refractivity contribution < 1.29 is 13.5 Å². The highest BCUT2D eigenvalue weighted by Gasteiger charge is 2.07. The van der Waals surface area contributed by atoms with Gasteiger partial charge in [0.2, 0.25) is 0 Å². The van der Waals surface area contributed by atoms with Crippen LogP contribution in [0.5, 0.6) is 0 Å². The summed E-state index contributed by atoms with van der Waals surface area (Å²) < 4.78 is 27.6. The van der Waals surface area contributed by atoms with Gasteiger partial charge in [0.25, 0.3) is 10.0 Å². The number of nitrogens with one attached hydrogen (secondary N) is 1. The molecular formula is C13H15N3O3S. The zero-order valence-electron chi connectivity index (χ0n) is 10.7. The number of aliphatic hydroxyl groups excluding tert-OH is 1. The maximum atomic E-state index is 11.9. The van der Waals surface area contributed by atoms with Crippen molar-refractivity contribution in [3.63, 3.8) is 0 Å². The Morgan fingerprint density at radius 3 is 2.75 bits per heavy atom. The topological polar surface area (TPSA) is 84.2 Å². The lowest BCUT2D eigenvalue weighted by Gasteiger charge is -2.00. The van der Waals surface area contributed by atoms with E-state index in [0.717, 1.165) is 11.0 Å². The Morgan fingerprint density at radius 2 is 2.05 bits per heavy atom. The van der Waals surface area contributed by atoms with Crippen LogP contribution in [-0.4, -0.2) is 29.9 Å². The van der Waals surface area contributed by atoms with Crippen molar-refractivity contribution in [2.45, 2.75) is 6.54 Å². The van der Waals surface area contributed by atoms with E-state index in [1.54, 1.807) is 0 Å². The fourth-order valence-corrected chi connectivity index (χ4v) is 2.41. The van der Waals surface area contributed by atoms with Gasteiger partial charge in [-0.25, -0.2) is 8.42 Å². The molecule has 2 N–H and O–H groups in total. The number of hydrogen-bond donors (Lipinski definition) is 2. The molecule has 1 heterocycles. The summed E-state index contributed by atoms with van der Waals surface area (Å²) in [5.74, 6) is 0. The average Bonchev–Trinajstić information content (AvgIpc) is 2.85. The van der Waals surface area contributed by atoms with Gasteiger partial charge in [-0.15, -0.1) is 0 Å². The maximum Gasteiger partial charge on any atom is 0.255 e. The van der Waals surface area contributed by atoms with E-state index < -0.39 is 10.0 Å². The molecule has 0 fully saturated rings. The number of nitrogens with zero attached hydrogens (tertiary/aromatic N) is 2. The Bertz CT molecular complexity index is 678. The van der Waals surface area contributed by atoms with Crippen molar-refractivity contribution in [2.75, 3.05) is 11.3 Å². The van der Waals surface area contributed by atoms with Crippen LogP contribution in [0.25, 0.3) is 6.08 Å². The van der Waals surface area contributed by atoms with Gasteiger partial charge in [0.05, 0.1) is 30.4 Å². The molecule has 1 aromatic carbocycles. The molecule has 6 nitrogen and oxygen atoms in total. The molecule has 0 spiro atoms. The molecule has 20 heavy (non-hydrogen) atoms. The van der Waals surface area contributed by atoms with Gasteiger partial charge in [-0.05, 0) is 11.6 Å². The quantitative estimate of drug-likeness (QED) is 0.840. The number of rotatable bonds is 6. The summed E-state index contributed by atoms with van der Waals surface area (Å²) >= 11 is 0. The molecule has 7 heteroatoms. The molecule has 2 rings (SSSR count). The normalized spacial score (nSPS) is 11.8. The summed E-state index contributed by atoms with van der Waals surface area (Å²) in [7, 11) is -3.58. The minimum Gasteiger partial charge on any atom is -0.394 e. The highest BCUT2D eigenvalue weighted by molar-refractivity contribution is 7.95. The van der Waals surface area contributed by atoms with Crippen molar-refractivity contribution in [1.29, 1.82) is 0 Å². The van der Waals surface area contributed by atoms with E-state index >= 15 is 0 Å². The predicted molar refractivity (Wildman–Crippen MR) is 77.3 cm³/mol. The molecule has 0 radical (unpaired) electrons. The van der Waals surface area contributed by atoms with Crippen LogP contribution < -0.4 is 4.72 Å². The van der Waals surface area contributed by atoms with E-state index in [1.807, 2.05) is 30.3 Å². The minimum absolute atomic E-state index is 0.0538. The molecule has 106 valence electrons. The number of aromatic nitrogens is 2. The smallest absolute Gasteiger partial charge is 0.255 e. The second kappa shape index (κ2) is 6.36. The third-order valence-corrected chi connectivity index (χ3v) is 3.48. The second-order valence-corrected chi connectivity index (χ2v) is 5.64. The maximum absolute atomic E-state index is 11.9. The first-order valence-corrected chi connectivity index (χ1v) is 7.53. The van der Waals surface area contributed by atoms with E-state index in [2.05, 4.69) is 9.82 Å². The van der Waals surface area contributed by atoms with Crippen LogP contribution in [0.15, 0.2) is 48.1 Å². The summed E-state index contributed by atoms with van der Waals surface area (Å²) in [6.45, 7) is 0.267. The fourth-order valence-electron chi connectivity index (χ4n) is 1.57. The molecule has 0 aliphatic rings. The van der Waals surface area contributed by atoms with Crippen LogP contribution in [-0.2, 0) is 16.6 Å². The lowest BCUT2D eigenvalue weighted by molar-refractivity contribution is 0.269. The molecule has 0 aliphatic heterocycles. The van der Waals surface area contributed by atoms with Crippen molar-refractivity contribution in [3.05, 3.63) is 53.7 Å². The average molecular weight is 293 g/mol. The van der Waals surface area contributed by atoms with Gasteiger partial charge >= 0.3 is 0 Å². The summed E-state index contributed by atoms with van der Waals surface area (Å²) in [6, 6.07) is 9.15. The lowest BCUT2D eigenvalue weighted by Crippen LogP contribution is -2.08. The summed E-state index contributed by atoms with van der Waals surface area (Å²) in [4.78, 5) is 0. The fraction of sp³-hybridized carbons (Fsp3) is 0.154. The standard InChI is InChI=1S/C13H15N3O3S/c17-8-7-16-11-13(10-14-16)15-20(18,19)9-6-12-4-2-1-3-5-12/h1-6,9-11,15,17H,7-8H2. The van der Waals surface area contributed by atoms with E-state index in [1.165, 1.54) is 23.2 Å². The Labute approximate surface area is 117 Å². The largest absolute Gasteiger partial charge is 0.394 e. The van der Waals surface area contributed by atoms with Crippen LogP contribution >= 0.6 is 0 Å². The second-order valence-electron chi connectivity index (χ2n) is 4.08. The van der Waals surface area contributed by atoms with Gasteiger partial charge in [0.1, 0.15) is 0 Å². The zero-order chi connectivity index (χ0) is 14.4. The van der Waals surface area contributed by atoms with Gasteiger partial charge in [0.15, 0.2) is 0 Å². The number of hydrogen-bond acceptors (Lipinski definition) is 4. The summed E-state index contributed by atoms with van der Waals surface area (Å²) in [6.07, 6.45) is 4.42. The van der Waals surface area contributed by atoms with Gasteiger partial charge in [-0.2, -0.15) is 5.10 Å². The van der Waals surface area contributed by atoms with Gasteiger partial charge in [-0.3, -0.25) is 9.40 Å². The first-order chi connectivity index (χ1) is 9.59. The molecule has 0 saturated heterocycles. The Kier molecular flexibility index (Phi) is 4.54. The van der Waals surface area contributed by atoms with E-state index in [9.17, 15) is 8.42 Å². The Balaban J connectivity index is 2.05. The molecule has 1 aromatic heterocycles. The molecule has 2 aromatic rings. The van der Waals surface area contributed by atoms with Crippen LogP contribution in [0.3, 0.4) is 0 Å². The number of sulfonamides is 1. The first kappa shape index (κ1) is 14.3. The van der Waals surface area contributed by atoms with Crippen molar-refractivity contribution in [2.24, 2.45) is 0 Å². The third-order valence-electron chi connectivity index (χ3n) is 2.46. The molecule has 0 saturated carbocycles. The van der Waals surface area contributed by atoms with Gasteiger partial charge in [-0.1, -0.05) is 30.3 Å². The van der Waals surface area contributed by atoms with Crippen LogP contribution in [0.4, 0.5) is 5.69 Å². The molecule has 0 atom stereocenters. The zero-order valence-corrected chi connectivity index (χ0v) is 11.5. The first-order valence-electron chi connectivity index (χ1n) is 5.98. The van der Waals surface area contributed by atoms with Crippen molar-refractivity contribution in [3.8, 4) is 0 Å². The summed E-state index contributed by atoms with van der Waals surface area (Å²) in [5, 5.41) is 13.8. The lowest BCUT2D eigenvalue weighted by atomic mass is 10.2. The molecule has 0 aliphatic carbocycles. The van der Waals surface area contributed by atoms with Crippen LogP contribution in [0, 0.1) is 0 Å². The molecule has 0 bridgehead atoms. The predicted octanol–water partition coefficient (Wildman–Crippen LogP) is 1.29. The van der Waals surface area contributed by atoms with E-state index in [4.69, 9.17) is 5.11 Å². The highest BCUT2D eigenvalue weighted by atomic mass is 32.2.